The van der Waals surface area contributed by atoms with Gasteiger partial charge in [-0.25, -0.2) is 0 Å². The Morgan fingerprint density at radius 2 is 1.09 bits per heavy atom. The number of nitrogens with zero attached hydrogens (tertiary/aromatic N) is 2. The van der Waals surface area contributed by atoms with E-state index in [1.807, 2.05) is 0 Å². The van der Waals surface area contributed by atoms with E-state index in [1.165, 1.54) is 55.7 Å². The van der Waals surface area contributed by atoms with E-state index in [9.17, 15) is 0 Å². The number of hydrogen-bond acceptors (Lipinski definition) is 1. The molecule has 0 saturated carbocycles. The van der Waals surface area contributed by atoms with E-state index < -0.39 is 0 Å². The van der Waals surface area contributed by atoms with Crippen molar-refractivity contribution in [2.24, 2.45) is 0 Å². The van der Waals surface area contributed by atoms with Crippen molar-refractivity contribution in [1.82, 2.24) is 4.57 Å². The van der Waals surface area contributed by atoms with Gasteiger partial charge in [0.25, 0.3) is 0 Å². The molecule has 32 heavy (non-hydrogen) atoms. The molecule has 0 unspecified atom stereocenters. The topological polar surface area (TPSA) is 8.17 Å². The van der Waals surface area contributed by atoms with Crippen LogP contribution in [-0.2, 0) is 0 Å². The summed E-state index contributed by atoms with van der Waals surface area (Å²) < 4.78 is 2.42. The highest BCUT2D eigenvalue weighted by molar-refractivity contribution is 6.16. The van der Waals surface area contributed by atoms with E-state index in [0.717, 1.165) is 0 Å². The predicted octanol–water partition coefficient (Wildman–Crippen LogP) is 8.23. The zero-order chi connectivity index (χ0) is 21.1. The maximum absolute atomic E-state index is 2.42. The molecule has 0 atom stereocenters. The van der Waals surface area contributed by atoms with E-state index >= 15 is 0 Å². The summed E-state index contributed by atoms with van der Waals surface area (Å²) in [6.45, 7) is 0. The molecular weight excluding hydrogens is 388 g/mol. The van der Waals surface area contributed by atoms with Gasteiger partial charge in [0, 0.05) is 16.5 Å². The van der Waals surface area contributed by atoms with Crippen molar-refractivity contribution in [2.75, 3.05) is 4.90 Å². The summed E-state index contributed by atoms with van der Waals surface area (Å²) in [5, 5.41) is 2.58. The molecule has 1 aliphatic rings. The second-order valence-electron chi connectivity index (χ2n) is 8.27. The third kappa shape index (κ3) is 2.35. The molecule has 5 aromatic carbocycles. The standard InChI is InChI=1S/C30H20N2/c1-2-10-21(11-3-1)22-12-8-13-23(20-22)31-27-17-6-7-18-28(27)32-26-16-5-4-14-24(26)25-15-9-19-29(31)30(25)32/h1-20H. The fourth-order valence-electron chi connectivity index (χ4n) is 5.14. The van der Waals surface area contributed by atoms with E-state index in [2.05, 4.69) is 131 Å². The number of fused-ring (bicyclic) bond motifs is 5. The Morgan fingerprint density at radius 1 is 0.438 bits per heavy atom. The Kier molecular flexibility index (Phi) is 3.58. The summed E-state index contributed by atoms with van der Waals surface area (Å²) >= 11 is 0. The van der Waals surface area contributed by atoms with E-state index in [1.54, 1.807) is 0 Å². The Balaban J connectivity index is 1.56. The quantitative estimate of drug-likeness (QED) is 0.280. The molecular formula is C30H20N2. The van der Waals surface area contributed by atoms with Gasteiger partial charge in [-0.3, -0.25) is 0 Å². The van der Waals surface area contributed by atoms with Crippen LogP contribution in [0.4, 0.5) is 17.1 Å². The number of anilines is 3. The molecule has 0 fully saturated rings. The van der Waals surface area contributed by atoms with E-state index in [4.69, 9.17) is 0 Å². The zero-order valence-corrected chi connectivity index (χ0v) is 17.4. The monoisotopic (exact) mass is 408 g/mol. The first kappa shape index (κ1) is 17.4. The lowest BCUT2D eigenvalue weighted by atomic mass is 10.0. The maximum atomic E-state index is 2.42. The van der Waals surface area contributed by atoms with Gasteiger partial charge in [0.1, 0.15) is 0 Å². The van der Waals surface area contributed by atoms with Gasteiger partial charge < -0.3 is 9.47 Å². The van der Waals surface area contributed by atoms with Crippen molar-refractivity contribution in [3.8, 4) is 16.8 Å². The first-order valence-electron chi connectivity index (χ1n) is 11.0. The third-order valence-electron chi connectivity index (χ3n) is 6.49. The molecule has 2 heteroatoms. The molecule has 0 bridgehead atoms. The Labute approximate surface area is 186 Å². The number of aromatic nitrogens is 1. The van der Waals surface area contributed by atoms with Crippen LogP contribution in [0.15, 0.2) is 121 Å². The molecule has 0 spiro atoms. The van der Waals surface area contributed by atoms with Crippen LogP contribution in [0.1, 0.15) is 0 Å². The lowest BCUT2D eigenvalue weighted by molar-refractivity contribution is 1.11. The Bertz CT molecular complexity index is 1630. The van der Waals surface area contributed by atoms with Crippen LogP contribution in [0.2, 0.25) is 0 Å². The van der Waals surface area contributed by atoms with Gasteiger partial charge in [-0.2, -0.15) is 0 Å². The van der Waals surface area contributed by atoms with Crippen LogP contribution in [0.25, 0.3) is 38.6 Å². The lowest BCUT2D eigenvalue weighted by Gasteiger charge is -2.33. The summed E-state index contributed by atoms with van der Waals surface area (Å²) in [7, 11) is 0. The molecule has 1 aliphatic heterocycles. The van der Waals surface area contributed by atoms with Crippen molar-refractivity contribution in [1.29, 1.82) is 0 Å². The highest BCUT2D eigenvalue weighted by Crippen LogP contribution is 2.49. The van der Waals surface area contributed by atoms with Gasteiger partial charge in [0.05, 0.1) is 28.1 Å². The van der Waals surface area contributed by atoms with Crippen LogP contribution in [0, 0.1) is 0 Å². The lowest BCUT2D eigenvalue weighted by Crippen LogP contribution is -2.18. The number of benzene rings is 5. The van der Waals surface area contributed by atoms with Crippen molar-refractivity contribution >= 4 is 38.9 Å². The molecule has 0 aliphatic carbocycles. The highest BCUT2D eigenvalue weighted by atomic mass is 15.2. The second kappa shape index (κ2) is 6.60. The molecule has 1 aromatic heterocycles. The van der Waals surface area contributed by atoms with Crippen molar-refractivity contribution < 1.29 is 0 Å². The smallest absolute Gasteiger partial charge is 0.0783 e. The first-order valence-corrected chi connectivity index (χ1v) is 11.0. The Hall–Kier alpha value is -4.30. The van der Waals surface area contributed by atoms with Gasteiger partial charge in [-0.05, 0) is 47.5 Å². The average molecular weight is 409 g/mol. The van der Waals surface area contributed by atoms with Crippen molar-refractivity contribution in [2.45, 2.75) is 0 Å². The molecule has 2 heterocycles. The molecule has 0 amide bonds. The summed E-state index contributed by atoms with van der Waals surface area (Å²) in [4.78, 5) is 2.41. The molecule has 7 rings (SSSR count). The minimum atomic E-state index is 1.17. The summed E-state index contributed by atoms with van der Waals surface area (Å²) in [6, 6.07) is 43.5. The second-order valence-corrected chi connectivity index (χ2v) is 8.27. The Morgan fingerprint density at radius 3 is 2.00 bits per heavy atom. The highest BCUT2D eigenvalue weighted by Gasteiger charge is 2.28. The third-order valence-corrected chi connectivity index (χ3v) is 6.49. The van der Waals surface area contributed by atoms with Crippen molar-refractivity contribution in [3.63, 3.8) is 0 Å². The summed E-state index contributed by atoms with van der Waals surface area (Å²) in [5.41, 5.74) is 9.75. The first-order chi connectivity index (χ1) is 15.9. The average Bonchev–Trinajstić information content (AvgIpc) is 3.21. The molecule has 0 radical (unpaired) electrons. The fourth-order valence-corrected chi connectivity index (χ4v) is 5.14. The van der Waals surface area contributed by atoms with Gasteiger partial charge in [0.15, 0.2) is 0 Å². The van der Waals surface area contributed by atoms with Crippen LogP contribution >= 0.6 is 0 Å². The minimum Gasteiger partial charge on any atom is -0.306 e. The van der Waals surface area contributed by atoms with E-state index in [-0.39, 0.29) is 0 Å². The van der Waals surface area contributed by atoms with Crippen molar-refractivity contribution in [3.05, 3.63) is 121 Å². The molecule has 150 valence electrons. The van der Waals surface area contributed by atoms with E-state index in [0.29, 0.717) is 0 Å². The number of para-hydroxylation sites is 4. The van der Waals surface area contributed by atoms with Gasteiger partial charge in [-0.15, -0.1) is 0 Å². The normalized spacial score (nSPS) is 12.3. The van der Waals surface area contributed by atoms with Crippen LogP contribution in [-0.4, -0.2) is 4.57 Å². The van der Waals surface area contributed by atoms with Crippen LogP contribution in [0.3, 0.4) is 0 Å². The minimum absolute atomic E-state index is 1.17. The zero-order valence-electron chi connectivity index (χ0n) is 17.4. The maximum Gasteiger partial charge on any atom is 0.0783 e. The molecule has 2 nitrogen and oxygen atoms in total. The summed E-state index contributed by atoms with van der Waals surface area (Å²) in [5.74, 6) is 0. The van der Waals surface area contributed by atoms with Crippen LogP contribution < -0.4 is 4.90 Å². The molecule has 6 aromatic rings. The van der Waals surface area contributed by atoms with Gasteiger partial charge in [-0.1, -0.05) is 84.9 Å². The summed E-state index contributed by atoms with van der Waals surface area (Å²) in [6.07, 6.45) is 0. The van der Waals surface area contributed by atoms with Gasteiger partial charge >= 0.3 is 0 Å². The fraction of sp³-hybridized carbons (Fsp3) is 0. The number of hydrogen-bond donors (Lipinski definition) is 0. The molecule has 0 N–H and O–H groups in total. The van der Waals surface area contributed by atoms with Gasteiger partial charge in [0.2, 0.25) is 0 Å². The largest absolute Gasteiger partial charge is 0.306 e. The number of rotatable bonds is 2. The predicted molar refractivity (Wildman–Crippen MR) is 134 cm³/mol. The van der Waals surface area contributed by atoms with Crippen LogP contribution in [0.5, 0.6) is 0 Å². The SMILES string of the molecule is c1ccc(-c2cccc(N3c4ccccc4-n4c5ccccc5c5cccc3c54)c2)cc1. The molecule has 0 saturated heterocycles.